The number of para-hydroxylation sites is 1. The highest BCUT2D eigenvalue weighted by Crippen LogP contribution is 2.24. The summed E-state index contributed by atoms with van der Waals surface area (Å²) in [6.45, 7) is 0.442. The molecular weight excluding hydrogens is 374 g/mol. The molecule has 0 aliphatic carbocycles. The molecule has 2 aromatic carbocycles. The lowest BCUT2D eigenvalue weighted by molar-refractivity contribution is -0.120. The third-order valence-electron chi connectivity index (χ3n) is 4.61. The minimum Gasteiger partial charge on any atom is -0.323 e. The monoisotopic (exact) mass is 394 g/mol. The van der Waals surface area contributed by atoms with Crippen molar-refractivity contribution in [2.24, 2.45) is 5.92 Å². The van der Waals surface area contributed by atoms with Gasteiger partial charge in [0.2, 0.25) is 15.9 Å². The van der Waals surface area contributed by atoms with E-state index in [9.17, 15) is 22.0 Å². The first-order chi connectivity index (χ1) is 12.8. The van der Waals surface area contributed by atoms with Crippen molar-refractivity contribution >= 4 is 21.6 Å². The number of sulfonamides is 1. The second-order valence-corrected chi connectivity index (χ2v) is 8.49. The Bertz CT molecular complexity index is 909. The Morgan fingerprint density at radius 2 is 1.67 bits per heavy atom. The highest BCUT2D eigenvalue weighted by Gasteiger charge is 2.31. The van der Waals surface area contributed by atoms with Gasteiger partial charge in [0.05, 0.1) is 11.4 Å². The fourth-order valence-electron chi connectivity index (χ4n) is 3.08. The van der Waals surface area contributed by atoms with E-state index in [4.69, 9.17) is 0 Å². The molecule has 0 aromatic heterocycles. The summed E-state index contributed by atoms with van der Waals surface area (Å²) < 4.78 is 53.0. The molecule has 0 spiro atoms. The summed E-state index contributed by atoms with van der Waals surface area (Å²) in [6, 6.07) is 11.3. The second kappa shape index (κ2) is 8.14. The summed E-state index contributed by atoms with van der Waals surface area (Å²) in [5, 5.41) is 2.56. The number of hydrogen-bond donors (Lipinski definition) is 1. The van der Waals surface area contributed by atoms with Crippen LogP contribution in [0.4, 0.5) is 14.5 Å². The van der Waals surface area contributed by atoms with Gasteiger partial charge in [-0.2, -0.15) is 0 Å². The van der Waals surface area contributed by atoms with Gasteiger partial charge in [0.1, 0.15) is 11.6 Å². The molecule has 0 saturated carbocycles. The first kappa shape index (κ1) is 19.4. The predicted molar refractivity (Wildman–Crippen MR) is 98.4 cm³/mol. The van der Waals surface area contributed by atoms with Gasteiger partial charge >= 0.3 is 0 Å². The van der Waals surface area contributed by atoms with Crippen LogP contribution in [0.15, 0.2) is 48.5 Å². The maximum absolute atomic E-state index is 13.6. The lowest BCUT2D eigenvalue weighted by Gasteiger charge is -2.30. The van der Waals surface area contributed by atoms with Gasteiger partial charge in [-0.3, -0.25) is 4.79 Å². The van der Waals surface area contributed by atoms with Crippen LogP contribution in [-0.2, 0) is 20.6 Å². The van der Waals surface area contributed by atoms with Crippen LogP contribution < -0.4 is 5.32 Å². The third kappa shape index (κ3) is 4.90. The topological polar surface area (TPSA) is 66.5 Å². The van der Waals surface area contributed by atoms with Crippen molar-refractivity contribution < 1.29 is 22.0 Å². The van der Waals surface area contributed by atoms with E-state index < -0.39 is 21.7 Å². The fourth-order valence-corrected chi connectivity index (χ4v) is 4.64. The first-order valence-electron chi connectivity index (χ1n) is 8.63. The largest absolute Gasteiger partial charge is 0.323 e. The number of rotatable bonds is 5. The van der Waals surface area contributed by atoms with Crippen LogP contribution in [0.2, 0.25) is 0 Å². The van der Waals surface area contributed by atoms with E-state index in [1.807, 2.05) is 0 Å². The van der Waals surface area contributed by atoms with Crippen molar-refractivity contribution in [3.63, 3.8) is 0 Å². The average Bonchev–Trinajstić information content (AvgIpc) is 2.65. The van der Waals surface area contributed by atoms with Crippen molar-refractivity contribution in [1.82, 2.24) is 4.31 Å². The number of halogens is 2. The number of amides is 1. The predicted octanol–water partition coefficient (Wildman–Crippen LogP) is 3.15. The molecule has 0 radical (unpaired) electrons. The molecule has 2 aromatic rings. The van der Waals surface area contributed by atoms with Gasteiger partial charge < -0.3 is 5.32 Å². The van der Waals surface area contributed by atoms with E-state index in [0.29, 0.717) is 18.4 Å². The number of piperidine rings is 1. The van der Waals surface area contributed by atoms with Gasteiger partial charge in [-0.15, -0.1) is 0 Å². The molecule has 8 heteroatoms. The Kier molecular flexibility index (Phi) is 5.86. The summed E-state index contributed by atoms with van der Waals surface area (Å²) in [6.07, 6.45) is 0.728. The second-order valence-electron chi connectivity index (χ2n) is 6.53. The van der Waals surface area contributed by atoms with Gasteiger partial charge in [-0.25, -0.2) is 21.5 Å². The standard InChI is InChI=1S/C19H20F2N2O3S/c20-16-7-5-14(6-8-16)13-27(25,26)23-11-9-15(10-12-23)19(24)22-18-4-2-1-3-17(18)21/h1-8,15H,9-13H2,(H,22,24). The maximum Gasteiger partial charge on any atom is 0.227 e. The molecule has 1 fully saturated rings. The van der Waals surface area contributed by atoms with Gasteiger partial charge in [-0.05, 0) is 42.7 Å². The first-order valence-corrected chi connectivity index (χ1v) is 10.2. The molecule has 3 rings (SSSR count). The zero-order valence-electron chi connectivity index (χ0n) is 14.6. The summed E-state index contributed by atoms with van der Waals surface area (Å²) in [7, 11) is -3.54. The molecule has 144 valence electrons. The van der Waals surface area contributed by atoms with Crippen LogP contribution in [0, 0.1) is 17.6 Å². The number of benzene rings is 2. The molecule has 1 aliphatic heterocycles. The van der Waals surface area contributed by atoms with E-state index in [-0.39, 0.29) is 36.4 Å². The molecule has 5 nitrogen and oxygen atoms in total. The number of anilines is 1. The molecular formula is C19H20F2N2O3S. The normalized spacial score (nSPS) is 16.2. The van der Waals surface area contributed by atoms with E-state index in [1.165, 1.54) is 46.8 Å². The minimum absolute atomic E-state index is 0.119. The van der Waals surface area contributed by atoms with Gasteiger partial charge in [0, 0.05) is 19.0 Å². The fraction of sp³-hybridized carbons (Fsp3) is 0.316. The molecule has 1 aliphatic rings. The average molecular weight is 394 g/mol. The van der Waals surface area contributed by atoms with Crippen molar-refractivity contribution in [3.8, 4) is 0 Å². The number of nitrogens with zero attached hydrogens (tertiary/aromatic N) is 1. The molecule has 1 N–H and O–H groups in total. The summed E-state index contributed by atoms with van der Waals surface area (Å²) in [5.74, 6) is -1.82. The van der Waals surface area contributed by atoms with E-state index in [0.717, 1.165) is 0 Å². The lowest BCUT2D eigenvalue weighted by Crippen LogP contribution is -2.41. The summed E-state index contributed by atoms with van der Waals surface area (Å²) in [4.78, 5) is 12.3. The molecule has 0 bridgehead atoms. The van der Waals surface area contributed by atoms with Crippen molar-refractivity contribution in [2.75, 3.05) is 18.4 Å². The maximum atomic E-state index is 13.6. The van der Waals surface area contributed by atoms with Crippen LogP contribution >= 0.6 is 0 Å². The molecule has 1 amide bonds. The van der Waals surface area contributed by atoms with E-state index >= 15 is 0 Å². The van der Waals surface area contributed by atoms with E-state index in [2.05, 4.69) is 5.32 Å². The summed E-state index contributed by atoms with van der Waals surface area (Å²) >= 11 is 0. The van der Waals surface area contributed by atoms with E-state index in [1.54, 1.807) is 6.07 Å². The number of hydrogen-bond acceptors (Lipinski definition) is 3. The molecule has 1 saturated heterocycles. The molecule has 0 atom stereocenters. The SMILES string of the molecule is O=C(Nc1ccccc1F)C1CCN(S(=O)(=O)Cc2ccc(F)cc2)CC1. The number of carbonyl (C=O) groups excluding carboxylic acids is 1. The quantitative estimate of drug-likeness (QED) is 0.847. The minimum atomic E-state index is -3.54. The smallest absolute Gasteiger partial charge is 0.227 e. The Morgan fingerprint density at radius 3 is 2.30 bits per heavy atom. The molecule has 0 unspecified atom stereocenters. The molecule has 27 heavy (non-hydrogen) atoms. The van der Waals surface area contributed by atoms with Crippen LogP contribution in [0.5, 0.6) is 0 Å². The Labute approximate surface area is 157 Å². The van der Waals surface area contributed by atoms with Gasteiger partial charge in [-0.1, -0.05) is 24.3 Å². The molecule has 1 heterocycles. The Hall–Kier alpha value is -2.32. The van der Waals surface area contributed by atoms with Crippen molar-refractivity contribution in [2.45, 2.75) is 18.6 Å². The van der Waals surface area contributed by atoms with Crippen molar-refractivity contribution in [3.05, 3.63) is 65.7 Å². The highest BCUT2D eigenvalue weighted by molar-refractivity contribution is 7.88. The zero-order valence-corrected chi connectivity index (χ0v) is 15.4. The summed E-state index contributed by atoms with van der Waals surface area (Å²) in [5.41, 5.74) is 0.629. The van der Waals surface area contributed by atoms with Crippen LogP contribution in [0.3, 0.4) is 0 Å². The zero-order chi connectivity index (χ0) is 19.4. The van der Waals surface area contributed by atoms with Crippen LogP contribution in [-0.4, -0.2) is 31.7 Å². The van der Waals surface area contributed by atoms with Crippen molar-refractivity contribution in [1.29, 1.82) is 0 Å². The Balaban J connectivity index is 1.57. The number of carbonyl (C=O) groups is 1. The Morgan fingerprint density at radius 1 is 1.04 bits per heavy atom. The third-order valence-corrected chi connectivity index (χ3v) is 6.46. The van der Waals surface area contributed by atoms with Crippen LogP contribution in [0.1, 0.15) is 18.4 Å². The number of nitrogens with one attached hydrogen (secondary N) is 1. The lowest BCUT2D eigenvalue weighted by atomic mass is 9.97. The van der Waals surface area contributed by atoms with Gasteiger partial charge in [0.25, 0.3) is 0 Å². The van der Waals surface area contributed by atoms with Crippen LogP contribution in [0.25, 0.3) is 0 Å². The van der Waals surface area contributed by atoms with Gasteiger partial charge in [0.15, 0.2) is 0 Å². The highest BCUT2D eigenvalue weighted by atomic mass is 32.2.